The van der Waals surface area contributed by atoms with Crippen molar-refractivity contribution in [3.63, 3.8) is 0 Å². The van der Waals surface area contributed by atoms with Gasteiger partial charge >= 0.3 is 0 Å². The first-order valence-corrected chi connectivity index (χ1v) is 5.75. The SMILES string of the molecule is C=C/C=C\C(=C)N(C)/N=C(\C)c1cccnc1C. The maximum Gasteiger partial charge on any atom is 0.0669 e. The van der Waals surface area contributed by atoms with E-state index in [-0.39, 0.29) is 0 Å². The molecule has 0 aliphatic carbocycles. The van der Waals surface area contributed by atoms with Gasteiger partial charge < -0.3 is 0 Å². The van der Waals surface area contributed by atoms with E-state index >= 15 is 0 Å². The summed E-state index contributed by atoms with van der Waals surface area (Å²) in [4.78, 5) is 4.25. The predicted molar refractivity (Wildman–Crippen MR) is 77.4 cm³/mol. The number of aryl methyl sites for hydroxylation is 1. The molecule has 1 aromatic heterocycles. The number of hydrogen-bond acceptors (Lipinski definition) is 3. The molecule has 18 heavy (non-hydrogen) atoms. The van der Waals surface area contributed by atoms with Crippen LogP contribution in [0.5, 0.6) is 0 Å². The summed E-state index contributed by atoms with van der Waals surface area (Å²) in [5.74, 6) is 0. The zero-order valence-corrected chi connectivity index (χ0v) is 11.2. The highest BCUT2D eigenvalue weighted by Gasteiger charge is 2.04. The van der Waals surface area contributed by atoms with E-state index < -0.39 is 0 Å². The summed E-state index contributed by atoms with van der Waals surface area (Å²) in [6.07, 6.45) is 7.18. The number of hydrazone groups is 1. The first-order valence-electron chi connectivity index (χ1n) is 5.75. The Balaban J connectivity index is 2.90. The number of allylic oxidation sites excluding steroid dienone is 3. The summed E-state index contributed by atoms with van der Waals surface area (Å²) < 4.78 is 0. The summed E-state index contributed by atoms with van der Waals surface area (Å²) in [7, 11) is 1.87. The number of pyridine rings is 1. The van der Waals surface area contributed by atoms with Crippen LogP contribution in [0.15, 0.2) is 60.5 Å². The molecule has 0 saturated carbocycles. The molecule has 1 heterocycles. The summed E-state index contributed by atoms with van der Waals surface area (Å²) in [5, 5.41) is 6.22. The van der Waals surface area contributed by atoms with Gasteiger partial charge in [-0.2, -0.15) is 5.10 Å². The summed E-state index contributed by atoms with van der Waals surface area (Å²) >= 11 is 0. The molecule has 0 aromatic carbocycles. The monoisotopic (exact) mass is 241 g/mol. The average molecular weight is 241 g/mol. The van der Waals surface area contributed by atoms with Crippen molar-refractivity contribution in [1.29, 1.82) is 0 Å². The Morgan fingerprint density at radius 3 is 2.83 bits per heavy atom. The standard InChI is InChI=1S/C15H19N3/c1-6-7-9-12(2)18(5)17-14(4)15-10-8-11-16-13(15)3/h6-11H,1-2H2,3-5H3/b9-7-,17-14+. The first kappa shape index (κ1) is 13.9. The number of rotatable bonds is 5. The number of nitrogens with zero attached hydrogens (tertiary/aromatic N) is 3. The Hall–Kier alpha value is -2.16. The molecule has 0 aliphatic rings. The molecule has 3 heteroatoms. The Bertz CT molecular complexity index is 498. The van der Waals surface area contributed by atoms with Crippen LogP contribution < -0.4 is 0 Å². The lowest BCUT2D eigenvalue weighted by atomic mass is 10.1. The van der Waals surface area contributed by atoms with E-state index in [1.807, 2.05) is 45.2 Å². The molecule has 0 spiro atoms. The number of hydrogen-bond donors (Lipinski definition) is 0. The van der Waals surface area contributed by atoms with E-state index in [2.05, 4.69) is 23.2 Å². The van der Waals surface area contributed by atoms with Crippen molar-refractivity contribution in [2.45, 2.75) is 13.8 Å². The fourth-order valence-electron chi connectivity index (χ4n) is 1.50. The predicted octanol–water partition coefficient (Wildman–Crippen LogP) is 3.30. The van der Waals surface area contributed by atoms with Crippen molar-refractivity contribution >= 4 is 5.71 Å². The van der Waals surface area contributed by atoms with Gasteiger partial charge in [-0.15, -0.1) is 0 Å². The van der Waals surface area contributed by atoms with Crippen LogP contribution in [0.2, 0.25) is 0 Å². The van der Waals surface area contributed by atoms with E-state index in [1.165, 1.54) is 0 Å². The fourth-order valence-corrected chi connectivity index (χ4v) is 1.50. The van der Waals surface area contributed by atoms with E-state index in [1.54, 1.807) is 17.3 Å². The largest absolute Gasteiger partial charge is 0.269 e. The first-order chi connectivity index (χ1) is 8.56. The van der Waals surface area contributed by atoms with Crippen LogP contribution in [0.4, 0.5) is 0 Å². The van der Waals surface area contributed by atoms with Crippen molar-refractivity contribution in [3.05, 3.63) is 66.7 Å². The van der Waals surface area contributed by atoms with Crippen LogP contribution >= 0.6 is 0 Å². The lowest BCUT2D eigenvalue weighted by molar-refractivity contribution is 0.463. The molecule has 1 aromatic rings. The second-order valence-corrected chi connectivity index (χ2v) is 3.93. The minimum atomic E-state index is 0.802. The molecule has 1 rings (SSSR count). The van der Waals surface area contributed by atoms with Crippen molar-refractivity contribution in [2.75, 3.05) is 7.05 Å². The highest BCUT2D eigenvalue weighted by Crippen LogP contribution is 2.08. The molecular weight excluding hydrogens is 222 g/mol. The minimum absolute atomic E-state index is 0.802. The van der Waals surface area contributed by atoms with Crippen molar-refractivity contribution in [2.24, 2.45) is 5.10 Å². The van der Waals surface area contributed by atoms with E-state index in [0.717, 1.165) is 22.7 Å². The third-order valence-electron chi connectivity index (χ3n) is 2.54. The van der Waals surface area contributed by atoms with Crippen LogP contribution in [0.25, 0.3) is 0 Å². The highest BCUT2D eigenvalue weighted by atomic mass is 15.4. The maximum atomic E-state index is 4.49. The molecule has 0 saturated heterocycles. The maximum absolute atomic E-state index is 4.49. The molecule has 0 aliphatic heterocycles. The van der Waals surface area contributed by atoms with Gasteiger partial charge in [0.15, 0.2) is 0 Å². The summed E-state index contributed by atoms with van der Waals surface area (Å²) in [6, 6.07) is 3.92. The van der Waals surface area contributed by atoms with Crippen LogP contribution in [0.3, 0.4) is 0 Å². The second kappa shape index (κ2) is 6.55. The Morgan fingerprint density at radius 2 is 2.22 bits per heavy atom. The van der Waals surface area contributed by atoms with E-state index in [0.29, 0.717) is 0 Å². The quantitative estimate of drug-likeness (QED) is 0.449. The molecule has 0 bridgehead atoms. The van der Waals surface area contributed by atoms with Crippen LogP contribution in [-0.2, 0) is 0 Å². The van der Waals surface area contributed by atoms with Gasteiger partial charge in [-0.25, -0.2) is 0 Å². The van der Waals surface area contributed by atoms with Crippen LogP contribution in [0, 0.1) is 6.92 Å². The van der Waals surface area contributed by atoms with Gasteiger partial charge in [0.1, 0.15) is 0 Å². The van der Waals surface area contributed by atoms with Crippen molar-refractivity contribution in [1.82, 2.24) is 9.99 Å². The third kappa shape index (κ3) is 3.70. The molecule has 0 unspecified atom stereocenters. The molecule has 0 fully saturated rings. The average Bonchev–Trinajstić information content (AvgIpc) is 2.36. The molecule has 0 N–H and O–H groups in total. The molecule has 3 nitrogen and oxygen atoms in total. The second-order valence-electron chi connectivity index (χ2n) is 3.93. The highest BCUT2D eigenvalue weighted by molar-refractivity contribution is 5.99. The Labute approximate surface area is 109 Å². The Morgan fingerprint density at radius 1 is 1.50 bits per heavy atom. The van der Waals surface area contributed by atoms with Gasteiger partial charge in [0, 0.05) is 24.5 Å². The lowest BCUT2D eigenvalue weighted by Gasteiger charge is -2.15. The lowest BCUT2D eigenvalue weighted by Crippen LogP contribution is -2.12. The molecule has 94 valence electrons. The molecule has 0 amide bonds. The van der Waals surface area contributed by atoms with Gasteiger partial charge in [-0.3, -0.25) is 9.99 Å². The molecule has 0 atom stereocenters. The van der Waals surface area contributed by atoms with Gasteiger partial charge in [0.25, 0.3) is 0 Å². The van der Waals surface area contributed by atoms with Crippen LogP contribution in [0.1, 0.15) is 18.2 Å². The van der Waals surface area contributed by atoms with Gasteiger partial charge in [-0.05, 0) is 32.1 Å². The van der Waals surface area contributed by atoms with Crippen molar-refractivity contribution < 1.29 is 0 Å². The molecule has 0 radical (unpaired) electrons. The summed E-state index contributed by atoms with van der Waals surface area (Å²) in [5.41, 5.74) is 3.73. The van der Waals surface area contributed by atoms with Gasteiger partial charge in [0.05, 0.1) is 11.4 Å². The minimum Gasteiger partial charge on any atom is -0.269 e. The number of likely N-dealkylation sites (N-methyl/N-ethyl adjacent to an activating group) is 1. The topological polar surface area (TPSA) is 28.5 Å². The van der Waals surface area contributed by atoms with E-state index in [9.17, 15) is 0 Å². The van der Waals surface area contributed by atoms with Gasteiger partial charge in [0.2, 0.25) is 0 Å². The number of aromatic nitrogens is 1. The third-order valence-corrected chi connectivity index (χ3v) is 2.54. The normalized spacial score (nSPS) is 11.6. The summed E-state index contributed by atoms with van der Waals surface area (Å²) in [6.45, 7) is 11.5. The smallest absolute Gasteiger partial charge is 0.0669 e. The van der Waals surface area contributed by atoms with Gasteiger partial charge in [-0.1, -0.05) is 25.3 Å². The fraction of sp³-hybridized carbons (Fsp3) is 0.200. The van der Waals surface area contributed by atoms with Crippen LogP contribution in [-0.4, -0.2) is 22.8 Å². The zero-order valence-electron chi connectivity index (χ0n) is 11.2. The van der Waals surface area contributed by atoms with Crippen molar-refractivity contribution in [3.8, 4) is 0 Å². The van der Waals surface area contributed by atoms with E-state index in [4.69, 9.17) is 0 Å². The molecular formula is C15H19N3. The zero-order chi connectivity index (χ0) is 13.5. The Kier molecular flexibility index (Phi) is 5.06.